The zero-order valence-corrected chi connectivity index (χ0v) is 13.8. The van der Waals surface area contributed by atoms with E-state index in [1.54, 1.807) is 18.4 Å². The van der Waals surface area contributed by atoms with E-state index in [0.717, 1.165) is 31.2 Å². The summed E-state index contributed by atoms with van der Waals surface area (Å²) in [4.78, 5) is 8.81. The van der Waals surface area contributed by atoms with Gasteiger partial charge < -0.3 is 10.6 Å². The topological polar surface area (TPSA) is 49.3 Å². The SMILES string of the molecule is CN=C(NCCSC)NCCc1csc(C(C)C)n1. The van der Waals surface area contributed by atoms with E-state index in [0.29, 0.717) is 5.92 Å². The van der Waals surface area contributed by atoms with Gasteiger partial charge in [0.15, 0.2) is 5.96 Å². The van der Waals surface area contributed by atoms with Crippen LogP contribution in [0.2, 0.25) is 0 Å². The van der Waals surface area contributed by atoms with E-state index in [1.807, 2.05) is 11.8 Å². The molecule has 0 spiro atoms. The molecule has 0 aliphatic rings. The summed E-state index contributed by atoms with van der Waals surface area (Å²) in [5.74, 6) is 2.48. The van der Waals surface area contributed by atoms with Gasteiger partial charge in [-0.15, -0.1) is 11.3 Å². The number of aliphatic imine (C=N–C) groups is 1. The second kappa shape index (κ2) is 9.20. The van der Waals surface area contributed by atoms with Crippen LogP contribution in [0.3, 0.4) is 0 Å². The predicted molar refractivity (Wildman–Crippen MR) is 87.7 cm³/mol. The molecule has 0 aliphatic carbocycles. The molecule has 1 aromatic rings. The van der Waals surface area contributed by atoms with E-state index >= 15 is 0 Å². The third-order valence-electron chi connectivity index (χ3n) is 2.56. The van der Waals surface area contributed by atoms with Crippen molar-refractivity contribution < 1.29 is 0 Å². The Bertz CT molecular complexity index is 388. The minimum absolute atomic E-state index is 0.521. The zero-order chi connectivity index (χ0) is 14.1. The van der Waals surface area contributed by atoms with Crippen LogP contribution < -0.4 is 10.6 Å². The molecule has 2 N–H and O–H groups in total. The Kier molecular flexibility index (Phi) is 7.90. The molecule has 6 heteroatoms. The molecule has 0 bridgehead atoms. The summed E-state index contributed by atoms with van der Waals surface area (Å²) in [5.41, 5.74) is 1.17. The lowest BCUT2D eigenvalue weighted by molar-refractivity contribution is 0.787. The molecular weight excluding hydrogens is 276 g/mol. The molecule has 0 unspecified atom stereocenters. The van der Waals surface area contributed by atoms with Crippen molar-refractivity contribution >= 4 is 29.1 Å². The quantitative estimate of drug-likeness (QED) is 0.461. The van der Waals surface area contributed by atoms with Gasteiger partial charge in [-0.25, -0.2) is 4.98 Å². The van der Waals surface area contributed by atoms with Crippen molar-refractivity contribution in [1.29, 1.82) is 0 Å². The molecule has 4 nitrogen and oxygen atoms in total. The first-order chi connectivity index (χ1) is 9.17. The van der Waals surface area contributed by atoms with Crippen LogP contribution in [0.1, 0.15) is 30.5 Å². The maximum atomic E-state index is 4.62. The van der Waals surface area contributed by atoms with Gasteiger partial charge in [0, 0.05) is 43.6 Å². The molecule has 1 rings (SSSR count). The first-order valence-electron chi connectivity index (χ1n) is 6.55. The van der Waals surface area contributed by atoms with Crippen molar-refractivity contribution in [2.75, 3.05) is 32.1 Å². The molecule has 1 aromatic heterocycles. The van der Waals surface area contributed by atoms with Crippen molar-refractivity contribution in [3.05, 3.63) is 16.1 Å². The summed E-state index contributed by atoms with van der Waals surface area (Å²) in [7, 11) is 1.80. The van der Waals surface area contributed by atoms with Crippen LogP contribution in [0.25, 0.3) is 0 Å². The maximum absolute atomic E-state index is 4.62. The summed E-state index contributed by atoms with van der Waals surface area (Å²) in [6.45, 7) is 6.16. The van der Waals surface area contributed by atoms with E-state index in [1.165, 1.54) is 10.7 Å². The standard InChI is InChI=1S/C13H24N4S2/c1-10(2)12-17-11(9-19-12)5-6-15-13(14-3)16-7-8-18-4/h9-10H,5-8H2,1-4H3,(H2,14,15,16). The number of thiazole rings is 1. The smallest absolute Gasteiger partial charge is 0.191 e. The molecule has 0 fully saturated rings. The molecule has 0 radical (unpaired) electrons. The van der Waals surface area contributed by atoms with Crippen molar-refractivity contribution in [3.8, 4) is 0 Å². The number of rotatable bonds is 7. The van der Waals surface area contributed by atoms with E-state index in [4.69, 9.17) is 0 Å². The van der Waals surface area contributed by atoms with Crippen LogP contribution in [-0.2, 0) is 6.42 Å². The van der Waals surface area contributed by atoms with Crippen LogP contribution in [-0.4, -0.2) is 43.1 Å². The summed E-state index contributed by atoms with van der Waals surface area (Å²) >= 11 is 3.58. The largest absolute Gasteiger partial charge is 0.356 e. The molecule has 0 saturated carbocycles. The number of hydrogen-bond donors (Lipinski definition) is 2. The average molecular weight is 300 g/mol. The van der Waals surface area contributed by atoms with E-state index < -0.39 is 0 Å². The first kappa shape index (κ1) is 16.3. The molecule has 108 valence electrons. The van der Waals surface area contributed by atoms with E-state index in [2.05, 4.69) is 46.1 Å². The van der Waals surface area contributed by atoms with Gasteiger partial charge in [-0.2, -0.15) is 11.8 Å². The number of nitrogens with zero attached hydrogens (tertiary/aromatic N) is 2. The van der Waals surface area contributed by atoms with Gasteiger partial charge in [-0.05, 0) is 6.26 Å². The van der Waals surface area contributed by atoms with E-state index in [9.17, 15) is 0 Å². The lowest BCUT2D eigenvalue weighted by atomic mass is 10.2. The average Bonchev–Trinajstić information content (AvgIpc) is 2.86. The van der Waals surface area contributed by atoms with Crippen LogP contribution in [0.15, 0.2) is 10.4 Å². The van der Waals surface area contributed by atoms with Gasteiger partial charge in [0.2, 0.25) is 0 Å². The van der Waals surface area contributed by atoms with Crippen LogP contribution >= 0.6 is 23.1 Å². The minimum atomic E-state index is 0.521. The molecule has 0 aromatic carbocycles. The normalized spacial score (nSPS) is 11.9. The molecule has 0 saturated heterocycles. The van der Waals surface area contributed by atoms with Gasteiger partial charge >= 0.3 is 0 Å². The monoisotopic (exact) mass is 300 g/mol. The lowest BCUT2D eigenvalue weighted by Gasteiger charge is -2.10. The molecule has 0 amide bonds. The van der Waals surface area contributed by atoms with Gasteiger partial charge in [0.1, 0.15) is 0 Å². The van der Waals surface area contributed by atoms with Crippen LogP contribution in [0, 0.1) is 0 Å². The maximum Gasteiger partial charge on any atom is 0.191 e. The number of nitrogens with one attached hydrogen (secondary N) is 2. The highest BCUT2D eigenvalue weighted by Gasteiger charge is 2.05. The Labute approximate surface area is 124 Å². The highest BCUT2D eigenvalue weighted by Crippen LogP contribution is 2.19. The Morgan fingerprint density at radius 1 is 1.42 bits per heavy atom. The molecular formula is C13H24N4S2. The third kappa shape index (κ3) is 6.29. The van der Waals surface area contributed by atoms with Crippen LogP contribution in [0.5, 0.6) is 0 Å². The number of aromatic nitrogens is 1. The molecule has 0 aliphatic heterocycles. The van der Waals surface area contributed by atoms with Gasteiger partial charge in [0.25, 0.3) is 0 Å². The second-order valence-corrected chi connectivity index (χ2v) is 6.38. The van der Waals surface area contributed by atoms with Gasteiger partial charge in [-0.1, -0.05) is 13.8 Å². The Balaban J connectivity index is 2.27. The Morgan fingerprint density at radius 3 is 2.74 bits per heavy atom. The van der Waals surface area contributed by atoms with Crippen LogP contribution in [0.4, 0.5) is 0 Å². The number of hydrogen-bond acceptors (Lipinski definition) is 4. The number of thioether (sulfide) groups is 1. The van der Waals surface area contributed by atoms with Crippen molar-refractivity contribution in [2.24, 2.45) is 4.99 Å². The molecule has 1 heterocycles. The predicted octanol–water partition coefficient (Wildman–Crippen LogP) is 2.34. The minimum Gasteiger partial charge on any atom is -0.356 e. The Hall–Kier alpha value is -0.750. The summed E-state index contributed by atoms with van der Waals surface area (Å²) < 4.78 is 0. The zero-order valence-electron chi connectivity index (χ0n) is 12.2. The van der Waals surface area contributed by atoms with Crippen molar-refractivity contribution in [2.45, 2.75) is 26.2 Å². The highest BCUT2D eigenvalue weighted by atomic mass is 32.2. The fourth-order valence-corrected chi connectivity index (χ4v) is 2.68. The summed E-state index contributed by atoms with van der Waals surface area (Å²) in [5, 5.41) is 9.96. The molecule has 19 heavy (non-hydrogen) atoms. The second-order valence-electron chi connectivity index (χ2n) is 4.50. The Morgan fingerprint density at radius 2 is 2.16 bits per heavy atom. The fourth-order valence-electron chi connectivity index (χ4n) is 1.50. The van der Waals surface area contributed by atoms with Crippen molar-refractivity contribution in [1.82, 2.24) is 15.6 Å². The third-order valence-corrected chi connectivity index (χ3v) is 4.37. The fraction of sp³-hybridized carbons (Fsp3) is 0.692. The van der Waals surface area contributed by atoms with Gasteiger partial charge in [-0.3, -0.25) is 4.99 Å². The summed E-state index contributed by atoms with van der Waals surface area (Å²) in [6, 6.07) is 0. The number of guanidine groups is 1. The van der Waals surface area contributed by atoms with E-state index in [-0.39, 0.29) is 0 Å². The van der Waals surface area contributed by atoms with Crippen molar-refractivity contribution in [3.63, 3.8) is 0 Å². The highest BCUT2D eigenvalue weighted by molar-refractivity contribution is 7.98. The molecule has 0 atom stereocenters. The summed E-state index contributed by atoms with van der Waals surface area (Å²) in [6.07, 6.45) is 3.04. The first-order valence-corrected chi connectivity index (χ1v) is 8.82. The van der Waals surface area contributed by atoms with Gasteiger partial charge in [0.05, 0.1) is 10.7 Å². The lowest BCUT2D eigenvalue weighted by Crippen LogP contribution is -2.39.